The minimum Gasteiger partial charge on any atom is -0.449 e. The van der Waals surface area contributed by atoms with Crippen LogP contribution >= 0.6 is 0 Å². The number of para-hydroxylation sites is 2. The first kappa shape index (κ1) is 22.0. The molecule has 3 aromatic rings. The zero-order valence-corrected chi connectivity index (χ0v) is 18.9. The van der Waals surface area contributed by atoms with Crippen molar-refractivity contribution in [2.45, 2.75) is 12.8 Å². The van der Waals surface area contributed by atoms with Crippen LogP contribution < -0.4 is 10.2 Å². The van der Waals surface area contributed by atoms with Crippen LogP contribution in [0.4, 0.5) is 21.6 Å². The fourth-order valence-electron chi connectivity index (χ4n) is 4.42. The molecule has 0 saturated carbocycles. The number of anilines is 1. The molecule has 1 fully saturated rings. The lowest BCUT2D eigenvalue weighted by molar-refractivity contribution is -0.120. The number of amidine groups is 1. The van der Waals surface area contributed by atoms with Crippen LogP contribution in [-0.2, 0) is 4.79 Å². The van der Waals surface area contributed by atoms with Gasteiger partial charge in [0.1, 0.15) is 11.7 Å². The minimum absolute atomic E-state index is 0.135. The number of hydrogen-bond acceptors (Lipinski definition) is 6. The number of carbonyl (C=O) groups is 1. The molecule has 0 aliphatic carbocycles. The molecule has 0 spiro atoms. The van der Waals surface area contributed by atoms with E-state index in [1.807, 2.05) is 43.3 Å². The molecule has 1 N–H and O–H groups in total. The molecule has 1 aromatic heterocycles. The number of fused-ring (bicyclic) bond motifs is 1. The highest BCUT2D eigenvalue weighted by molar-refractivity contribution is 6.17. The zero-order chi connectivity index (χ0) is 23.5. The van der Waals surface area contributed by atoms with Crippen LogP contribution in [0.15, 0.2) is 81.3 Å². The molecule has 2 aliphatic rings. The van der Waals surface area contributed by atoms with Crippen LogP contribution in [0.25, 0.3) is 0 Å². The third-order valence-corrected chi connectivity index (χ3v) is 6.14. The topological polar surface area (TPSA) is 73.4 Å². The maximum absolute atomic E-state index is 13.6. The fraction of sp³-hybridized carbons (Fsp3) is 0.269. The number of piperazine rings is 1. The van der Waals surface area contributed by atoms with Crippen molar-refractivity contribution in [1.82, 2.24) is 10.2 Å². The average Bonchev–Trinajstić information content (AvgIpc) is 3.33. The molecular weight excluding hydrogens is 433 g/mol. The van der Waals surface area contributed by atoms with Crippen LogP contribution in [0.5, 0.6) is 0 Å². The summed E-state index contributed by atoms with van der Waals surface area (Å²) in [6, 6.07) is 17.7. The Kier molecular flexibility index (Phi) is 6.22. The molecule has 5 rings (SSSR count). The van der Waals surface area contributed by atoms with Gasteiger partial charge in [0.25, 0.3) is 0 Å². The Labute approximate surface area is 197 Å². The quantitative estimate of drug-likeness (QED) is 0.632. The van der Waals surface area contributed by atoms with Crippen molar-refractivity contribution in [2.24, 2.45) is 9.98 Å². The lowest BCUT2D eigenvalue weighted by Crippen LogP contribution is -2.50. The Balaban J connectivity index is 1.33. The van der Waals surface area contributed by atoms with E-state index in [1.165, 1.54) is 12.1 Å². The van der Waals surface area contributed by atoms with Crippen molar-refractivity contribution in [1.29, 1.82) is 0 Å². The highest BCUT2D eigenvalue weighted by Gasteiger charge is 2.28. The smallest absolute Gasteiger partial charge is 0.239 e. The molecule has 7 nitrogen and oxygen atoms in total. The van der Waals surface area contributed by atoms with Gasteiger partial charge < -0.3 is 14.6 Å². The second kappa shape index (κ2) is 9.61. The first-order chi connectivity index (χ1) is 16.6. The predicted molar refractivity (Wildman–Crippen MR) is 131 cm³/mol. The average molecular weight is 460 g/mol. The van der Waals surface area contributed by atoms with Crippen molar-refractivity contribution in [3.05, 3.63) is 78.3 Å². The van der Waals surface area contributed by atoms with E-state index in [0.29, 0.717) is 11.5 Å². The molecule has 1 saturated heterocycles. The van der Waals surface area contributed by atoms with Gasteiger partial charge in [-0.3, -0.25) is 14.7 Å². The normalized spacial score (nSPS) is 18.5. The number of nitrogens with zero attached hydrogens (tertiary/aromatic N) is 4. The van der Waals surface area contributed by atoms with Crippen molar-refractivity contribution in [3.63, 3.8) is 0 Å². The summed E-state index contributed by atoms with van der Waals surface area (Å²) in [5.74, 6) is 0.521. The highest BCUT2D eigenvalue weighted by Crippen LogP contribution is 2.34. The van der Waals surface area contributed by atoms with Crippen molar-refractivity contribution in [2.75, 3.05) is 37.6 Å². The van der Waals surface area contributed by atoms with Gasteiger partial charge in [0.2, 0.25) is 5.91 Å². The molecule has 0 unspecified atom stereocenters. The highest BCUT2D eigenvalue weighted by atomic mass is 19.1. The van der Waals surface area contributed by atoms with Crippen LogP contribution in [0.2, 0.25) is 0 Å². The van der Waals surface area contributed by atoms with Crippen LogP contribution in [-0.4, -0.2) is 55.1 Å². The van der Waals surface area contributed by atoms with Crippen molar-refractivity contribution < 1.29 is 13.6 Å². The van der Waals surface area contributed by atoms with Crippen LogP contribution in [0.3, 0.4) is 0 Å². The predicted octanol–water partition coefficient (Wildman–Crippen LogP) is 4.28. The Morgan fingerprint density at radius 3 is 2.38 bits per heavy atom. The third kappa shape index (κ3) is 4.77. The van der Waals surface area contributed by atoms with E-state index in [0.717, 1.165) is 49.0 Å². The summed E-state index contributed by atoms with van der Waals surface area (Å²) in [6.45, 7) is 5.26. The number of hydrogen-bond donors (Lipinski definition) is 1. The second-order valence-electron chi connectivity index (χ2n) is 8.49. The first-order valence-electron chi connectivity index (χ1n) is 11.4. The van der Waals surface area contributed by atoms with E-state index in [-0.39, 0.29) is 24.2 Å². The molecule has 1 atom stereocenters. The Hall–Kier alpha value is -3.78. The Morgan fingerprint density at radius 1 is 1.00 bits per heavy atom. The Morgan fingerprint density at radius 2 is 1.71 bits per heavy atom. The van der Waals surface area contributed by atoms with Gasteiger partial charge in [-0.15, -0.1) is 0 Å². The zero-order valence-electron chi connectivity index (χ0n) is 18.9. The summed E-state index contributed by atoms with van der Waals surface area (Å²) in [6.07, 6.45) is 1.67. The first-order valence-corrected chi connectivity index (χ1v) is 11.4. The van der Waals surface area contributed by atoms with Crippen molar-refractivity contribution >= 4 is 34.7 Å². The monoisotopic (exact) mass is 459 g/mol. The van der Waals surface area contributed by atoms with E-state index in [2.05, 4.69) is 15.1 Å². The summed E-state index contributed by atoms with van der Waals surface area (Å²) >= 11 is 0. The van der Waals surface area contributed by atoms with Gasteiger partial charge in [0, 0.05) is 38.0 Å². The maximum Gasteiger partial charge on any atom is 0.239 e. The summed E-state index contributed by atoms with van der Waals surface area (Å²) in [7, 11) is 0. The summed E-state index contributed by atoms with van der Waals surface area (Å²) in [4.78, 5) is 26.9. The third-order valence-electron chi connectivity index (χ3n) is 6.14. The summed E-state index contributed by atoms with van der Waals surface area (Å²) < 4.78 is 19.1. The summed E-state index contributed by atoms with van der Waals surface area (Å²) in [5.41, 5.74) is 3.03. The number of nitrogens with one attached hydrogen (secondary N) is 1. The fourth-order valence-corrected chi connectivity index (χ4v) is 4.42. The number of furan rings is 1. The largest absolute Gasteiger partial charge is 0.449 e. The lowest BCUT2D eigenvalue weighted by Gasteiger charge is -2.34. The van der Waals surface area contributed by atoms with Gasteiger partial charge in [-0.05, 0) is 42.8 Å². The molecule has 174 valence electrons. The lowest BCUT2D eigenvalue weighted by atomic mass is 9.93. The van der Waals surface area contributed by atoms with Gasteiger partial charge in [-0.1, -0.05) is 24.3 Å². The maximum atomic E-state index is 13.6. The van der Waals surface area contributed by atoms with Gasteiger partial charge in [0.05, 0.1) is 30.1 Å². The van der Waals surface area contributed by atoms with Gasteiger partial charge >= 0.3 is 0 Å². The molecule has 3 heterocycles. The molecule has 0 bridgehead atoms. The molecule has 2 aliphatic heterocycles. The molecule has 2 aromatic carbocycles. The number of carbonyl (C=O) groups excluding carboxylic acids is 1. The van der Waals surface area contributed by atoms with Crippen molar-refractivity contribution in [3.8, 4) is 0 Å². The number of benzene rings is 2. The van der Waals surface area contributed by atoms with Gasteiger partial charge in [-0.25, -0.2) is 9.38 Å². The molecule has 8 heteroatoms. The van der Waals surface area contributed by atoms with Gasteiger partial charge in [0.15, 0.2) is 5.88 Å². The molecule has 34 heavy (non-hydrogen) atoms. The second-order valence-corrected chi connectivity index (χ2v) is 8.49. The van der Waals surface area contributed by atoms with Crippen LogP contribution in [0.1, 0.15) is 18.4 Å². The minimum atomic E-state index is -0.382. The summed E-state index contributed by atoms with van der Waals surface area (Å²) in [5, 5.41) is 3.04. The number of rotatable bonds is 4. The SMILES string of the molecule is CC1=Nc2ccccc2N=C(NC(=O)CN2CCN(c3ccco3)CC2)[C@@H]1c1ccc(F)cc1. The standard InChI is InChI=1S/C26H26FN5O2/c1-18-25(19-8-10-20(27)11-9-19)26(29-22-6-3-2-5-21(22)28-18)30-23(33)17-31-12-14-32(15-13-31)24-7-4-16-34-24/h2-11,16,25H,12-15,17H2,1H3,(H,29,30,33)/t25-/m0/s1. The van der Waals surface area contributed by atoms with Crippen LogP contribution in [0, 0.1) is 5.82 Å². The number of aliphatic imine (C=N–C) groups is 2. The Bertz CT molecular complexity index is 1210. The molecule has 0 radical (unpaired) electrons. The number of amides is 1. The van der Waals surface area contributed by atoms with Gasteiger partial charge in [-0.2, -0.15) is 0 Å². The van der Waals surface area contributed by atoms with E-state index in [4.69, 9.17) is 14.4 Å². The van der Waals surface area contributed by atoms with E-state index in [1.54, 1.807) is 18.4 Å². The van der Waals surface area contributed by atoms with E-state index >= 15 is 0 Å². The van der Waals surface area contributed by atoms with E-state index < -0.39 is 0 Å². The number of halogens is 1. The molecular formula is C26H26FN5O2. The molecule has 1 amide bonds. The van der Waals surface area contributed by atoms with E-state index in [9.17, 15) is 9.18 Å².